The van der Waals surface area contributed by atoms with Crippen LogP contribution in [0.4, 0.5) is 0 Å². The van der Waals surface area contributed by atoms with E-state index in [0.717, 1.165) is 29.5 Å². The molecule has 1 fully saturated rings. The molecule has 1 aromatic rings. The molecule has 17 heavy (non-hydrogen) atoms. The highest BCUT2D eigenvalue weighted by atomic mass is 16.4. The Morgan fingerprint density at radius 2 is 1.71 bits per heavy atom. The van der Waals surface area contributed by atoms with Crippen LogP contribution in [-0.4, -0.2) is 11.1 Å². The van der Waals surface area contributed by atoms with Crippen molar-refractivity contribution in [3.8, 4) is 0 Å². The first-order valence-corrected chi connectivity index (χ1v) is 6.39. The highest BCUT2D eigenvalue weighted by Gasteiger charge is 2.31. The smallest absolute Gasteiger partial charge is 0.311 e. The summed E-state index contributed by atoms with van der Waals surface area (Å²) in [5.74, 6) is -0.647. The molecule has 0 saturated heterocycles. The van der Waals surface area contributed by atoms with Crippen LogP contribution in [0.2, 0.25) is 0 Å². The first-order valence-electron chi connectivity index (χ1n) is 6.39. The highest BCUT2D eigenvalue weighted by molar-refractivity contribution is 5.76. The van der Waals surface area contributed by atoms with E-state index in [-0.39, 0.29) is 5.92 Å². The zero-order chi connectivity index (χ0) is 12.4. The summed E-state index contributed by atoms with van der Waals surface area (Å²) in [7, 11) is 0. The number of carboxylic acids is 1. The Kier molecular flexibility index (Phi) is 3.51. The van der Waals surface area contributed by atoms with Gasteiger partial charge in [-0.1, -0.05) is 42.2 Å². The van der Waals surface area contributed by atoms with E-state index in [1.807, 2.05) is 26.0 Å². The Morgan fingerprint density at radius 1 is 1.18 bits per heavy atom. The highest BCUT2D eigenvalue weighted by Crippen LogP contribution is 2.38. The minimum absolute atomic E-state index is 0.309. The molecule has 1 aliphatic rings. The van der Waals surface area contributed by atoms with Crippen LogP contribution in [0, 0.1) is 19.8 Å². The van der Waals surface area contributed by atoms with Gasteiger partial charge in [0.15, 0.2) is 0 Å². The van der Waals surface area contributed by atoms with Gasteiger partial charge < -0.3 is 5.11 Å². The van der Waals surface area contributed by atoms with Gasteiger partial charge in [-0.2, -0.15) is 0 Å². The summed E-state index contributed by atoms with van der Waals surface area (Å²) in [6.45, 7) is 4.06. The second-order valence-corrected chi connectivity index (χ2v) is 5.28. The summed E-state index contributed by atoms with van der Waals surface area (Å²) in [6, 6.07) is 6.16. The van der Waals surface area contributed by atoms with Gasteiger partial charge in [-0.3, -0.25) is 4.79 Å². The van der Waals surface area contributed by atoms with Crippen LogP contribution in [0.15, 0.2) is 18.2 Å². The maximum absolute atomic E-state index is 11.5. The summed E-state index contributed by atoms with van der Waals surface area (Å²) in [6.07, 6.45) is 4.48. The second-order valence-electron chi connectivity index (χ2n) is 5.28. The normalized spacial score (nSPS) is 18.2. The lowest BCUT2D eigenvalue weighted by atomic mass is 9.84. The van der Waals surface area contributed by atoms with Crippen LogP contribution in [0.5, 0.6) is 0 Å². The van der Waals surface area contributed by atoms with Crippen LogP contribution < -0.4 is 0 Å². The van der Waals surface area contributed by atoms with Crippen molar-refractivity contribution >= 4 is 5.97 Å². The molecule has 2 nitrogen and oxygen atoms in total. The van der Waals surface area contributed by atoms with Crippen molar-refractivity contribution in [2.24, 2.45) is 5.92 Å². The molecule has 0 radical (unpaired) electrons. The van der Waals surface area contributed by atoms with E-state index < -0.39 is 5.97 Å². The van der Waals surface area contributed by atoms with Gasteiger partial charge in [-0.25, -0.2) is 0 Å². The van der Waals surface area contributed by atoms with Crippen molar-refractivity contribution in [3.05, 3.63) is 34.9 Å². The van der Waals surface area contributed by atoms with Crippen LogP contribution in [-0.2, 0) is 4.79 Å². The minimum Gasteiger partial charge on any atom is -0.481 e. The summed E-state index contributed by atoms with van der Waals surface area (Å²) in [4.78, 5) is 11.5. The Bertz CT molecular complexity index is 397. The third kappa shape index (κ3) is 2.68. The van der Waals surface area contributed by atoms with Crippen molar-refractivity contribution in [2.45, 2.75) is 45.4 Å². The van der Waals surface area contributed by atoms with Crippen molar-refractivity contribution in [3.63, 3.8) is 0 Å². The lowest BCUT2D eigenvalue weighted by Gasteiger charge is -2.20. The first-order chi connectivity index (χ1) is 8.08. The molecule has 1 atom stereocenters. The van der Waals surface area contributed by atoms with Crippen molar-refractivity contribution in [2.75, 3.05) is 0 Å². The molecule has 0 amide bonds. The monoisotopic (exact) mass is 232 g/mol. The molecular formula is C15H20O2. The molecule has 0 aliphatic heterocycles. The van der Waals surface area contributed by atoms with Crippen molar-refractivity contribution in [1.82, 2.24) is 0 Å². The molecular weight excluding hydrogens is 212 g/mol. The van der Waals surface area contributed by atoms with E-state index in [1.165, 1.54) is 12.8 Å². The van der Waals surface area contributed by atoms with Gasteiger partial charge in [-0.15, -0.1) is 0 Å². The van der Waals surface area contributed by atoms with Crippen LogP contribution >= 0.6 is 0 Å². The van der Waals surface area contributed by atoms with E-state index in [2.05, 4.69) is 6.07 Å². The van der Waals surface area contributed by atoms with E-state index in [9.17, 15) is 9.90 Å². The van der Waals surface area contributed by atoms with Crippen LogP contribution in [0.3, 0.4) is 0 Å². The van der Waals surface area contributed by atoms with E-state index in [1.54, 1.807) is 0 Å². The maximum atomic E-state index is 11.5. The van der Waals surface area contributed by atoms with Gasteiger partial charge >= 0.3 is 5.97 Å². The lowest BCUT2D eigenvalue weighted by Crippen LogP contribution is -2.19. The van der Waals surface area contributed by atoms with Crippen LogP contribution in [0.1, 0.15) is 48.3 Å². The third-order valence-corrected chi connectivity index (χ3v) is 3.74. The van der Waals surface area contributed by atoms with Crippen molar-refractivity contribution < 1.29 is 9.90 Å². The van der Waals surface area contributed by atoms with Crippen molar-refractivity contribution in [1.29, 1.82) is 0 Å². The molecule has 1 aliphatic carbocycles. The number of aliphatic carboxylic acids is 1. The van der Waals surface area contributed by atoms with Gasteiger partial charge in [0, 0.05) is 0 Å². The van der Waals surface area contributed by atoms with Gasteiger partial charge in [-0.05, 0) is 38.2 Å². The molecule has 2 heteroatoms. The molecule has 0 spiro atoms. The Morgan fingerprint density at radius 3 is 2.18 bits per heavy atom. The molecule has 1 N–H and O–H groups in total. The lowest BCUT2D eigenvalue weighted by molar-refractivity contribution is -0.140. The van der Waals surface area contributed by atoms with Gasteiger partial charge in [0.1, 0.15) is 0 Å². The number of carboxylic acid groups (broad SMARTS) is 1. The number of hydrogen-bond acceptors (Lipinski definition) is 1. The van der Waals surface area contributed by atoms with Gasteiger partial charge in [0.05, 0.1) is 5.92 Å². The number of aryl methyl sites for hydroxylation is 2. The minimum atomic E-state index is -0.665. The molecule has 0 aromatic heterocycles. The Balaban J connectivity index is 2.34. The van der Waals surface area contributed by atoms with Gasteiger partial charge in [0.2, 0.25) is 0 Å². The Hall–Kier alpha value is -1.31. The Labute approximate surface area is 103 Å². The fraction of sp³-hybridized carbons (Fsp3) is 0.533. The topological polar surface area (TPSA) is 37.3 Å². The molecule has 1 aromatic carbocycles. The fourth-order valence-electron chi connectivity index (χ4n) is 3.10. The largest absolute Gasteiger partial charge is 0.481 e. The zero-order valence-electron chi connectivity index (χ0n) is 10.6. The summed E-state index contributed by atoms with van der Waals surface area (Å²) in [5.41, 5.74) is 3.30. The number of hydrogen-bond donors (Lipinski definition) is 1. The average molecular weight is 232 g/mol. The maximum Gasteiger partial charge on any atom is 0.311 e. The molecule has 1 saturated carbocycles. The molecule has 92 valence electrons. The summed E-state index contributed by atoms with van der Waals surface area (Å²) < 4.78 is 0. The standard InChI is InChI=1S/C15H20O2/c1-10-7-11(2)9-13(8-10)14(15(16)17)12-5-3-4-6-12/h7-9,12,14H,3-6H2,1-2H3,(H,16,17). The van der Waals surface area contributed by atoms with E-state index in [4.69, 9.17) is 0 Å². The van der Waals surface area contributed by atoms with Crippen LogP contribution in [0.25, 0.3) is 0 Å². The molecule has 1 unspecified atom stereocenters. The quantitative estimate of drug-likeness (QED) is 0.863. The predicted octanol–water partition coefficient (Wildman–Crippen LogP) is 3.66. The third-order valence-electron chi connectivity index (χ3n) is 3.74. The molecule has 0 heterocycles. The number of carbonyl (C=O) groups is 1. The average Bonchev–Trinajstić information content (AvgIpc) is 2.68. The van der Waals surface area contributed by atoms with E-state index >= 15 is 0 Å². The first kappa shape index (κ1) is 12.2. The summed E-state index contributed by atoms with van der Waals surface area (Å²) >= 11 is 0. The molecule has 2 rings (SSSR count). The molecule has 0 bridgehead atoms. The summed E-state index contributed by atoms with van der Waals surface area (Å²) in [5, 5.41) is 9.47. The SMILES string of the molecule is Cc1cc(C)cc(C(C(=O)O)C2CCCC2)c1. The number of benzene rings is 1. The fourth-order valence-corrected chi connectivity index (χ4v) is 3.10. The van der Waals surface area contributed by atoms with Gasteiger partial charge in [0.25, 0.3) is 0 Å². The van der Waals surface area contributed by atoms with E-state index in [0.29, 0.717) is 5.92 Å². The second kappa shape index (κ2) is 4.91. The zero-order valence-corrected chi connectivity index (χ0v) is 10.6. The predicted molar refractivity (Wildman–Crippen MR) is 68.3 cm³/mol. The number of rotatable bonds is 3.